The van der Waals surface area contributed by atoms with Gasteiger partial charge in [-0.2, -0.15) is 0 Å². The Morgan fingerprint density at radius 3 is 2.58 bits per heavy atom. The Bertz CT molecular complexity index is 1190. The lowest BCUT2D eigenvalue weighted by molar-refractivity contribution is -0.118. The molecule has 1 heterocycles. The Balaban J connectivity index is 1.41. The molecule has 5 nitrogen and oxygen atoms in total. The lowest BCUT2D eigenvalue weighted by atomic mass is 9.94. The highest BCUT2D eigenvalue weighted by Gasteiger charge is 2.51. The largest absolute Gasteiger partial charge is 0.495 e. The molecule has 1 amide bonds. The number of carbonyl (C=O) groups excluding carboxylic acids is 1. The van der Waals surface area contributed by atoms with E-state index in [0.29, 0.717) is 16.5 Å². The number of aryl methyl sites for hydroxylation is 1. The summed E-state index contributed by atoms with van der Waals surface area (Å²) in [5.74, 6) is 2.05. The second-order valence-corrected chi connectivity index (χ2v) is 8.39. The van der Waals surface area contributed by atoms with Crippen LogP contribution in [0.4, 0.5) is 5.69 Å². The van der Waals surface area contributed by atoms with Crippen LogP contribution in [0.2, 0.25) is 5.02 Å². The van der Waals surface area contributed by atoms with E-state index in [4.69, 9.17) is 25.8 Å². The summed E-state index contributed by atoms with van der Waals surface area (Å²) in [4.78, 5) is 13.2. The molecule has 0 bridgehead atoms. The standard InChI is InChI=1S/C25H22ClNO4/c1-15-3-6-18(13-19(15)16-4-7-21(29-2)20(26)11-16)27-24(28)25(9-10-25)17-5-8-22-23(12-17)31-14-30-22/h3-8,11-13H,9-10,14H2,1-2H3,(H,27,28). The van der Waals surface area contributed by atoms with Gasteiger partial charge >= 0.3 is 0 Å². The zero-order valence-corrected chi connectivity index (χ0v) is 18.1. The summed E-state index contributed by atoms with van der Waals surface area (Å²) in [6.45, 7) is 2.26. The van der Waals surface area contributed by atoms with Gasteiger partial charge < -0.3 is 19.5 Å². The summed E-state index contributed by atoms with van der Waals surface area (Å²) in [6.07, 6.45) is 1.62. The van der Waals surface area contributed by atoms with E-state index in [-0.39, 0.29) is 12.7 Å². The highest BCUT2D eigenvalue weighted by Crippen LogP contribution is 2.51. The number of hydrogen-bond acceptors (Lipinski definition) is 4. The number of hydrogen-bond donors (Lipinski definition) is 1. The van der Waals surface area contributed by atoms with Gasteiger partial charge in [0.25, 0.3) is 0 Å². The van der Waals surface area contributed by atoms with E-state index in [9.17, 15) is 4.79 Å². The second-order valence-electron chi connectivity index (χ2n) is 7.98. The molecule has 2 aliphatic rings. The molecule has 0 spiro atoms. The predicted molar refractivity (Wildman–Crippen MR) is 120 cm³/mol. The molecule has 0 radical (unpaired) electrons. The summed E-state index contributed by atoms with van der Waals surface area (Å²) in [5.41, 5.74) is 4.27. The van der Waals surface area contributed by atoms with E-state index in [2.05, 4.69) is 5.32 Å². The minimum atomic E-state index is -0.518. The van der Waals surface area contributed by atoms with Crippen molar-refractivity contribution < 1.29 is 19.0 Å². The maximum absolute atomic E-state index is 13.2. The van der Waals surface area contributed by atoms with Crippen LogP contribution < -0.4 is 19.5 Å². The van der Waals surface area contributed by atoms with Crippen LogP contribution in [0.15, 0.2) is 54.6 Å². The molecule has 1 saturated carbocycles. The van der Waals surface area contributed by atoms with Gasteiger partial charge in [0.15, 0.2) is 11.5 Å². The van der Waals surface area contributed by atoms with Crippen LogP contribution in [-0.4, -0.2) is 19.8 Å². The van der Waals surface area contributed by atoms with Crippen molar-refractivity contribution >= 4 is 23.2 Å². The fourth-order valence-corrected chi connectivity index (χ4v) is 4.32. The molecule has 3 aromatic carbocycles. The van der Waals surface area contributed by atoms with E-state index in [1.807, 2.05) is 61.5 Å². The topological polar surface area (TPSA) is 56.8 Å². The van der Waals surface area contributed by atoms with Crippen molar-refractivity contribution in [3.63, 3.8) is 0 Å². The number of ether oxygens (including phenoxy) is 3. The van der Waals surface area contributed by atoms with Crippen molar-refractivity contribution in [1.82, 2.24) is 0 Å². The first-order valence-corrected chi connectivity index (χ1v) is 10.5. The first kappa shape index (κ1) is 19.8. The number of halogens is 1. The quantitative estimate of drug-likeness (QED) is 0.556. The molecular weight excluding hydrogens is 414 g/mol. The van der Waals surface area contributed by atoms with Gasteiger partial charge in [0.05, 0.1) is 17.5 Å². The molecule has 0 saturated heterocycles. The first-order valence-electron chi connectivity index (χ1n) is 10.2. The zero-order chi connectivity index (χ0) is 21.6. The normalized spacial score (nSPS) is 15.5. The summed E-state index contributed by atoms with van der Waals surface area (Å²) in [6, 6.07) is 17.4. The number of benzene rings is 3. The first-order chi connectivity index (χ1) is 15.0. The van der Waals surface area contributed by atoms with Gasteiger partial charge in [-0.25, -0.2) is 0 Å². The lowest BCUT2D eigenvalue weighted by Crippen LogP contribution is -2.27. The number of rotatable bonds is 5. The van der Waals surface area contributed by atoms with E-state index in [1.165, 1.54) is 0 Å². The molecule has 5 rings (SSSR count). The maximum atomic E-state index is 13.2. The lowest BCUT2D eigenvalue weighted by Gasteiger charge is -2.17. The van der Waals surface area contributed by atoms with E-state index in [1.54, 1.807) is 7.11 Å². The smallest absolute Gasteiger partial charge is 0.235 e. The Morgan fingerprint density at radius 1 is 1.03 bits per heavy atom. The Labute approximate surface area is 185 Å². The van der Waals surface area contributed by atoms with Gasteiger partial charge in [0.1, 0.15) is 5.75 Å². The van der Waals surface area contributed by atoms with Crippen molar-refractivity contribution in [1.29, 1.82) is 0 Å². The molecule has 1 aliphatic carbocycles. The van der Waals surface area contributed by atoms with Gasteiger partial charge in [-0.3, -0.25) is 4.79 Å². The van der Waals surface area contributed by atoms with E-state index < -0.39 is 5.41 Å². The van der Waals surface area contributed by atoms with Crippen molar-refractivity contribution in [3.05, 3.63) is 70.7 Å². The molecule has 0 aromatic heterocycles. The molecule has 1 N–H and O–H groups in total. The zero-order valence-electron chi connectivity index (χ0n) is 17.3. The molecule has 6 heteroatoms. The third-order valence-corrected chi connectivity index (χ3v) is 6.36. The van der Waals surface area contributed by atoms with Crippen molar-refractivity contribution in [2.45, 2.75) is 25.2 Å². The maximum Gasteiger partial charge on any atom is 0.235 e. The molecule has 0 unspecified atom stereocenters. The monoisotopic (exact) mass is 435 g/mol. The molecule has 1 fully saturated rings. The molecule has 3 aromatic rings. The van der Waals surface area contributed by atoms with Crippen molar-refractivity contribution in [3.8, 4) is 28.4 Å². The predicted octanol–water partition coefficient (Wildman–Crippen LogP) is 5.72. The summed E-state index contributed by atoms with van der Waals surface area (Å²) in [7, 11) is 1.59. The van der Waals surface area contributed by atoms with Crippen LogP contribution >= 0.6 is 11.6 Å². The van der Waals surface area contributed by atoms with Gasteiger partial charge in [0, 0.05) is 5.69 Å². The Morgan fingerprint density at radius 2 is 1.84 bits per heavy atom. The fourth-order valence-electron chi connectivity index (χ4n) is 4.06. The Kier molecular flexibility index (Phi) is 4.78. The number of nitrogens with one attached hydrogen (secondary N) is 1. The third kappa shape index (κ3) is 3.49. The Hall–Kier alpha value is -3.18. The number of methoxy groups -OCH3 is 1. The van der Waals surface area contributed by atoms with Crippen molar-refractivity contribution in [2.24, 2.45) is 0 Å². The molecule has 1 aliphatic heterocycles. The third-order valence-electron chi connectivity index (χ3n) is 6.07. The van der Waals surface area contributed by atoms with Gasteiger partial charge in [-0.05, 0) is 78.4 Å². The molecule has 158 valence electrons. The minimum absolute atomic E-state index is 0.00562. The summed E-state index contributed by atoms with van der Waals surface area (Å²) < 4.78 is 16.1. The van der Waals surface area contributed by atoms with E-state index >= 15 is 0 Å². The van der Waals surface area contributed by atoms with Crippen LogP contribution in [0.25, 0.3) is 11.1 Å². The van der Waals surface area contributed by atoms with Gasteiger partial charge in [0.2, 0.25) is 12.7 Å². The van der Waals surface area contributed by atoms with Crippen LogP contribution in [0.5, 0.6) is 17.2 Å². The number of carbonyl (C=O) groups is 1. The van der Waals surface area contributed by atoms with E-state index in [0.717, 1.165) is 46.5 Å². The number of amides is 1. The minimum Gasteiger partial charge on any atom is -0.495 e. The highest BCUT2D eigenvalue weighted by atomic mass is 35.5. The van der Waals surface area contributed by atoms with Crippen molar-refractivity contribution in [2.75, 3.05) is 19.2 Å². The number of fused-ring (bicyclic) bond motifs is 1. The highest BCUT2D eigenvalue weighted by molar-refractivity contribution is 6.32. The molecular formula is C25H22ClNO4. The summed E-state index contributed by atoms with van der Waals surface area (Å²) in [5, 5.41) is 3.67. The molecule has 31 heavy (non-hydrogen) atoms. The van der Waals surface area contributed by atoms with Crippen LogP contribution in [0.1, 0.15) is 24.0 Å². The SMILES string of the molecule is COc1ccc(-c2cc(NC(=O)C3(c4ccc5c(c4)OCO5)CC3)ccc2C)cc1Cl. The van der Waals surface area contributed by atoms with Gasteiger partial charge in [-0.15, -0.1) is 0 Å². The average Bonchev–Trinajstić information content (AvgIpc) is 3.46. The average molecular weight is 436 g/mol. The van der Waals surface area contributed by atoms with Crippen LogP contribution in [0, 0.1) is 6.92 Å². The fraction of sp³-hybridized carbons (Fsp3) is 0.240. The number of anilines is 1. The molecule has 0 atom stereocenters. The van der Waals surface area contributed by atoms with Crippen LogP contribution in [-0.2, 0) is 10.2 Å². The van der Waals surface area contributed by atoms with Gasteiger partial charge in [-0.1, -0.05) is 29.8 Å². The summed E-state index contributed by atoms with van der Waals surface area (Å²) >= 11 is 6.32. The second kappa shape index (κ2) is 7.50. The van der Waals surface area contributed by atoms with Crippen LogP contribution in [0.3, 0.4) is 0 Å².